The molecule has 1 aliphatic rings. The van der Waals surface area contributed by atoms with Crippen LogP contribution >= 0.6 is 11.3 Å². The zero-order valence-corrected chi connectivity index (χ0v) is 9.75. The van der Waals surface area contributed by atoms with E-state index in [1.807, 2.05) is 0 Å². The lowest BCUT2D eigenvalue weighted by Gasteiger charge is -2.34. The predicted octanol–water partition coefficient (Wildman–Crippen LogP) is 0.858. The maximum atomic E-state index is 8.84. The summed E-state index contributed by atoms with van der Waals surface area (Å²) >= 11 is 1.77. The molecule has 2 rings (SSSR count). The highest BCUT2D eigenvalue weighted by Crippen LogP contribution is 2.11. The van der Waals surface area contributed by atoms with Gasteiger partial charge in [0.1, 0.15) is 0 Å². The summed E-state index contributed by atoms with van der Waals surface area (Å²) in [4.78, 5) is 4.81. The van der Waals surface area contributed by atoms with Crippen molar-refractivity contribution in [1.82, 2.24) is 9.80 Å². The average Bonchev–Trinajstić information content (AvgIpc) is 2.74. The van der Waals surface area contributed by atoms with Gasteiger partial charge in [0.05, 0.1) is 6.61 Å². The van der Waals surface area contributed by atoms with Crippen molar-refractivity contribution in [2.45, 2.75) is 6.54 Å². The molecule has 1 N–H and O–H groups in total. The van der Waals surface area contributed by atoms with Gasteiger partial charge in [-0.1, -0.05) is 0 Å². The molecular formula is C11H18N2OS. The Balaban J connectivity index is 1.74. The summed E-state index contributed by atoms with van der Waals surface area (Å²) in [7, 11) is 0. The predicted molar refractivity (Wildman–Crippen MR) is 63.1 cm³/mol. The number of thiophene rings is 1. The zero-order chi connectivity index (χ0) is 10.5. The minimum atomic E-state index is 0.282. The third kappa shape index (κ3) is 3.28. The molecule has 3 nitrogen and oxygen atoms in total. The van der Waals surface area contributed by atoms with E-state index in [9.17, 15) is 0 Å². The maximum absolute atomic E-state index is 8.84. The topological polar surface area (TPSA) is 26.7 Å². The van der Waals surface area contributed by atoms with E-state index in [4.69, 9.17) is 5.11 Å². The van der Waals surface area contributed by atoms with E-state index in [0.717, 1.165) is 39.3 Å². The van der Waals surface area contributed by atoms with Gasteiger partial charge in [0.15, 0.2) is 0 Å². The molecule has 4 heteroatoms. The zero-order valence-electron chi connectivity index (χ0n) is 8.93. The first-order valence-electron chi connectivity index (χ1n) is 5.45. The Bertz CT molecular complexity index is 268. The van der Waals surface area contributed by atoms with Crippen molar-refractivity contribution in [3.8, 4) is 0 Å². The Hall–Kier alpha value is -0.420. The van der Waals surface area contributed by atoms with Crippen LogP contribution < -0.4 is 0 Å². The van der Waals surface area contributed by atoms with Crippen LogP contribution in [0, 0.1) is 0 Å². The molecule has 0 radical (unpaired) electrons. The van der Waals surface area contributed by atoms with E-state index in [2.05, 4.69) is 26.6 Å². The largest absolute Gasteiger partial charge is 0.395 e. The molecule has 1 fully saturated rings. The van der Waals surface area contributed by atoms with Crippen molar-refractivity contribution in [1.29, 1.82) is 0 Å². The van der Waals surface area contributed by atoms with Crippen molar-refractivity contribution < 1.29 is 5.11 Å². The van der Waals surface area contributed by atoms with E-state index in [-0.39, 0.29) is 6.61 Å². The van der Waals surface area contributed by atoms with Crippen LogP contribution in [0.4, 0.5) is 0 Å². The van der Waals surface area contributed by atoms with Gasteiger partial charge >= 0.3 is 0 Å². The molecule has 1 saturated heterocycles. The summed E-state index contributed by atoms with van der Waals surface area (Å²) in [5.41, 5.74) is 1.43. The molecule has 2 heterocycles. The minimum absolute atomic E-state index is 0.282. The van der Waals surface area contributed by atoms with Crippen molar-refractivity contribution in [2.24, 2.45) is 0 Å². The van der Waals surface area contributed by atoms with Gasteiger partial charge < -0.3 is 5.11 Å². The highest BCUT2D eigenvalue weighted by atomic mass is 32.1. The fourth-order valence-corrected chi connectivity index (χ4v) is 2.61. The molecule has 1 aromatic heterocycles. The second-order valence-electron chi connectivity index (χ2n) is 3.97. The summed E-state index contributed by atoms with van der Waals surface area (Å²) in [6.45, 7) is 6.61. The van der Waals surface area contributed by atoms with Crippen molar-refractivity contribution in [3.63, 3.8) is 0 Å². The molecular weight excluding hydrogens is 208 g/mol. The molecule has 0 spiro atoms. The summed E-state index contributed by atoms with van der Waals surface area (Å²) < 4.78 is 0. The van der Waals surface area contributed by atoms with E-state index in [0.29, 0.717) is 0 Å². The van der Waals surface area contributed by atoms with Gasteiger partial charge in [0, 0.05) is 39.3 Å². The van der Waals surface area contributed by atoms with Gasteiger partial charge in [-0.05, 0) is 22.4 Å². The standard InChI is InChI=1S/C11H18N2OS/c14-7-6-12-2-4-13(5-3-12)9-11-1-8-15-10-11/h1,8,10,14H,2-7,9H2. The number of aliphatic hydroxyl groups excluding tert-OH is 1. The fraction of sp³-hybridized carbons (Fsp3) is 0.636. The Morgan fingerprint density at radius 3 is 2.53 bits per heavy atom. The average molecular weight is 226 g/mol. The van der Waals surface area contributed by atoms with Gasteiger partial charge in [-0.15, -0.1) is 0 Å². The minimum Gasteiger partial charge on any atom is -0.395 e. The van der Waals surface area contributed by atoms with E-state index >= 15 is 0 Å². The van der Waals surface area contributed by atoms with Gasteiger partial charge in [-0.25, -0.2) is 0 Å². The number of hydrogen-bond donors (Lipinski definition) is 1. The van der Waals surface area contributed by atoms with E-state index in [1.165, 1.54) is 5.56 Å². The lowest BCUT2D eigenvalue weighted by molar-refractivity contribution is 0.108. The quantitative estimate of drug-likeness (QED) is 0.825. The molecule has 0 unspecified atom stereocenters. The van der Waals surface area contributed by atoms with Crippen LogP contribution in [0.5, 0.6) is 0 Å². The Kier molecular flexibility index (Phi) is 4.14. The number of piperazine rings is 1. The fourth-order valence-electron chi connectivity index (χ4n) is 1.95. The molecule has 0 bridgehead atoms. The van der Waals surface area contributed by atoms with Crippen LogP contribution in [-0.2, 0) is 6.54 Å². The number of aliphatic hydroxyl groups is 1. The third-order valence-electron chi connectivity index (χ3n) is 2.87. The van der Waals surface area contributed by atoms with Gasteiger partial charge in [-0.3, -0.25) is 9.80 Å². The normalized spacial score (nSPS) is 19.5. The Labute approximate surface area is 94.9 Å². The van der Waals surface area contributed by atoms with Gasteiger partial charge in [-0.2, -0.15) is 11.3 Å². The molecule has 0 saturated carbocycles. The van der Waals surface area contributed by atoms with Gasteiger partial charge in [0.25, 0.3) is 0 Å². The first-order chi connectivity index (χ1) is 7.38. The smallest absolute Gasteiger partial charge is 0.0558 e. The van der Waals surface area contributed by atoms with E-state index in [1.54, 1.807) is 11.3 Å². The monoisotopic (exact) mass is 226 g/mol. The highest BCUT2D eigenvalue weighted by molar-refractivity contribution is 7.07. The van der Waals surface area contributed by atoms with Crippen molar-refractivity contribution >= 4 is 11.3 Å². The Morgan fingerprint density at radius 1 is 1.20 bits per heavy atom. The molecule has 0 atom stereocenters. The lowest BCUT2D eigenvalue weighted by Crippen LogP contribution is -2.46. The van der Waals surface area contributed by atoms with E-state index < -0.39 is 0 Å². The summed E-state index contributed by atoms with van der Waals surface area (Å²) in [6.07, 6.45) is 0. The first-order valence-corrected chi connectivity index (χ1v) is 6.39. The number of nitrogens with zero attached hydrogens (tertiary/aromatic N) is 2. The number of hydrogen-bond acceptors (Lipinski definition) is 4. The molecule has 1 aromatic rings. The van der Waals surface area contributed by atoms with Crippen LogP contribution in [-0.4, -0.2) is 54.2 Å². The highest BCUT2D eigenvalue weighted by Gasteiger charge is 2.16. The lowest BCUT2D eigenvalue weighted by atomic mass is 10.2. The third-order valence-corrected chi connectivity index (χ3v) is 3.60. The van der Waals surface area contributed by atoms with Crippen LogP contribution in [0.1, 0.15) is 5.56 Å². The molecule has 15 heavy (non-hydrogen) atoms. The van der Waals surface area contributed by atoms with Crippen molar-refractivity contribution in [2.75, 3.05) is 39.3 Å². The van der Waals surface area contributed by atoms with Crippen LogP contribution in [0.3, 0.4) is 0 Å². The first kappa shape index (κ1) is 11.1. The van der Waals surface area contributed by atoms with Crippen molar-refractivity contribution in [3.05, 3.63) is 22.4 Å². The second-order valence-corrected chi connectivity index (χ2v) is 4.75. The maximum Gasteiger partial charge on any atom is 0.0558 e. The molecule has 0 aliphatic carbocycles. The molecule has 84 valence electrons. The van der Waals surface area contributed by atoms with Crippen LogP contribution in [0.25, 0.3) is 0 Å². The summed E-state index contributed by atoms with van der Waals surface area (Å²) in [6, 6.07) is 2.20. The Morgan fingerprint density at radius 2 is 1.93 bits per heavy atom. The number of rotatable bonds is 4. The SMILES string of the molecule is OCCN1CCN(Cc2ccsc2)CC1. The summed E-state index contributed by atoms with van der Waals surface area (Å²) in [5, 5.41) is 13.2. The number of β-amino-alcohol motifs (C(OH)–C–C–N with tert-alkyl or cyclic N) is 1. The van der Waals surface area contributed by atoms with Crippen LogP contribution in [0.2, 0.25) is 0 Å². The van der Waals surface area contributed by atoms with Crippen LogP contribution in [0.15, 0.2) is 16.8 Å². The summed E-state index contributed by atoms with van der Waals surface area (Å²) in [5.74, 6) is 0. The molecule has 0 aromatic carbocycles. The molecule has 0 amide bonds. The van der Waals surface area contributed by atoms with Gasteiger partial charge in [0.2, 0.25) is 0 Å². The molecule has 1 aliphatic heterocycles. The second kappa shape index (κ2) is 5.61.